The van der Waals surface area contributed by atoms with Crippen LogP contribution in [0.3, 0.4) is 0 Å². The molecular formula is C14H17N5O4. The highest BCUT2D eigenvalue weighted by Crippen LogP contribution is 2.07. The van der Waals surface area contributed by atoms with E-state index < -0.39 is 22.9 Å². The van der Waals surface area contributed by atoms with Crippen molar-refractivity contribution in [1.29, 1.82) is 0 Å². The van der Waals surface area contributed by atoms with E-state index in [1.807, 2.05) is 13.8 Å². The first-order valence-electron chi connectivity index (χ1n) is 7.02. The van der Waals surface area contributed by atoms with Crippen LogP contribution in [0.4, 0.5) is 0 Å². The van der Waals surface area contributed by atoms with Crippen molar-refractivity contribution < 1.29 is 14.7 Å². The molecule has 2 heterocycles. The second-order valence-electron chi connectivity index (χ2n) is 5.23. The number of carbonyl (C=O) groups excluding carboxylic acids is 1. The number of H-pyrrole nitrogens is 1. The van der Waals surface area contributed by atoms with Gasteiger partial charge in [0.05, 0.1) is 11.9 Å². The number of aromatic amines is 1. The van der Waals surface area contributed by atoms with Crippen LogP contribution < -0.4 is 10.7 Å². The largest absolute Gasteiger partial charge is 0.477 e. The van der Waals surface area contributed by atoms with Gasteiger partial charge in [0.25, 0.3) is 5.91 Å². The third-order valence-corrected chi connectivity index (χ3v) is 3.25. The van der Waals surface area contributed by atoms with Crippen LogP contribution >= 0.6 is 0 Å². The average Bonchev–Trinajstić information content (AvgIpc) is 3.00. The Morgan fingerprint density at radius 3 is 2.61 bits per heavy atom. The number of nitrogens with zero attached hydrogens (tertiary/aromatic N) is 3. The van der Waals surface area contributed by atoms with Gasteiger partial charge in [0.1, 0.15) is 11.1 Å². The molecule has 0 aliphatic rings. The van der Waals surface area contributed by atoms with Crippen molar-refractivity contribution in [2.75, 3.05) is 6.54 Å². The molecule has 2 rings (SSSR count). The fourth-order valence-corrected chi connectivity index (χ4v) is 1.96. The molecule has 0 atom stereocenters. The van der Waals surface area contributed by atoms with Gasteiger partial charge in [-0.15, -0.1) is 0 Å². The summed E-state index contributed by atoms with van der Waals surface area (Å²) in [5.74, 6) is -1.97. The Labute approximate surface area is 131 Å². The number of amides is 1. The van der Waals surface area contributed by atoms with Crippen molar-refractivity contribution in [2.45, 2.75) is 26.3 Å². The maximum absolute atomic E-state index is 12.2. The Balaban J connectivity index is 2.21. The number of hydrogen-bond acceptors (Lipinski definition) is 5. The highest BCUT2D eigenvalue weighted by molar-refractivity contribution is 5.96. The van der Waals surface area contributed by atoms with E-state index in [1.54, 1.807) is 0 Å². The predicted molar refractivity (Wildman–Crippen MR) is 80.5 cm³/mol. The Bertz CT molecular complexity index is 764. The minimum absolute atomic E-state index is 0.0876. The molecule has 0 saturated heterocycles. The summed E-state index contributed by atoms with van der Waals surface area (Å²) in [6.07, 6.45) is 4.58. The van der Waals surface area contributed by atoms with Gasteiger partial charge in [0, 0.05) is 31.4 Å². The lowest BCUT2D eigenvalue weighted by Crippen LogP contribution is -2.33. The molecule has 0 fully saturated rings. The summed E-state index contributed by atoms with van der Waals surface area (Å²) in [4.78, 5) is 35.5. The highest BCUT2D eigenvalue weighted by Gasteiger charge is 2.19. The molecular weight excluding hydrogens is 302 g/mol. The van der Waals surface area contributed by atoms with Gasteiger partial charge in [-0.3, -0.25) is 9.59 Å². The van der Waals surface area contributed by atoms with Crippen LogP contribution in [0, 0.1) is 0 Å². The van der Waals surface area contributed by atoms with Crippen molar-refractivity contribution >= 4 is 11.9 Å². The summed E-state index contributed by atoms with van der Waals surface area (Å²) in [7, 11) is 0. The van der Waals surface area contributed by atoms with E-state index in [-0.39, 0.29) is 18.2 Å². The number of carboxylic acids is 1. The standard InChI is InChI=1S/C14H17N5O4/c1-8(2)19-6-10(12(20)11(7-19)14(22)23)13(21)15-4-3-9-5-16-18-17-9/h5-8H,3-4H2,1-2H3,(H,15,21)(H,22,23)(H,16,17,18). The molecule has 9 nitrogen and oxygen atoms in total. The second-order valence-corrected chi connectivity index (χ2v) is 5.23. The van der Waals surface area contributed by atoms with E-state index in [0.717, 1.165) is 0 Å². The second kappa shape index (κ2) is 6.86. The highest BCUT2D eigenvalue weighted by atomic mass is 16.4. The van der Waals surface area contributed by atoms with E-state index >= 15 is 0 Å². The first-order valence-corrected chi connectivity index (χ1v) is 7.02. The maximum Gasteiger partial charge on any atom is 0.341 e. The van der Waals surface area contributed by atoms with Gasteiger partial charge in [-0.1, -0.05) is 0 Å². The van der Waals surface area contributed by atoms with Crippen molar-refractivity contribution in [2.24, 2.45) is 0 Å². The molecule has 0 aliphatic heterocycles. The minimum atomic E-state index is -1.36. The van der Waals surface area contributed by atoms with Crippen molar-refractivity contribution in [1.82, 2.24) is 25.3 Å². The van der Waals surface area contributed by atoms with Gasteiger partial charge in [0.2, 0.25) is 5.43 Å². The zero-order valence-corrected chi connectivity index (χ0v) is 12.7. The first-order chi connectivity index (χ1) is 10.9. The van der Waals surface area contributed by atoms with E-state index in [1.165, 1.54) is 23.2 Å². The van der Waals surface area contributed by atoms with E-state index in [2.05, 4.69) is 20.7 Å². The molecule has 2 aromatic heterocycles. The third kappa shape index (κ3) is 3.82. The lowest BCUT2D eigenvalue weighted by Gasteiger charge is -2.13. The predicted octanol–water partition coefficient (Wildman–Crippen LogP) is 0.218. The van der Waals surface area contributed by atoms with Gasteiger partial charge in [-0.05, 0) is 13.8 Å². The lowest BCUT2D eigenvalue weighted by molar-refractivity contribution is 0.0694. The Kier molecular flexibility index (Phi) is 4.89. The Morgan fingerprint density at radius 2 is 2.04 bits per heavy atom. The summed E-state index contributed by atoms with van der Waals surface area (Å²) in [6.45, 7) is 3.90. The lowest BCUT2D eigenvalue weighted by atomic mass is 10.1. The molecule has 122 valence electrons. The monoisotopic (exact) mass is 319 g/mol. The van der Waals surface area contributed by atoms with Gasteiger partial charge >= 0.3 is 5.97 Å². The molecule has 0 unspecified atom stereocenters. The zero-order chi connectivity index (χ0) is 17.0. The fourth-order valence-electron chi connectivity index (χ4n) is 1.96. The number of pyridine rings is 1. The molecule has 3 N–H and O–H groups in total. The summed E-state index contributed by atoms with van der Waals surface area (Å²) < 4.78 is 1.53. The van der Waals surface area contributed by atoms with Crippen molar-refractivity contribution in [3.8, 4) is 0 Å². The zero-order valence-electron chi connectivity index (χ0n) is 12.7. The number of carboxylic acid groups (broad SMARTS) is 1. The smallest absolute Gasteiger partial charge is 0.341 e. The third-order valence-electron chi connectivity index (χ3n) is 3.25. The van der Waals surface area contributed by atoms with E-state index in [9.17, 15) is 14.4 Å². The molecule has 0 aromatic carbocycles. The summed E-state index contributed by atoms with van der Waals surface area (Å²) >= 11 is 0. The number of carbonyl (C=O) groups is 2. The molecule has 9 heteroatoms. The van der Waals surface area contributed by atoms with Crippen LogP contribution in [0.5, 0.6) is 0 Å². The molecule has 0 radical (unpaired) electrons. The summed E-state index contributed by atoms with van der Waals surface area (Å²) in [6, 6.07) is -0.0876. The summed E-state index contributed by atoms with van der Waals surface area (Å²) in [5.41, 5.74) is -0.751. The number of rotatable bonds is 6. The van der Waals surface area contributed by atoms with Gasteiger partial charge < -0.3 is 15.0 Å². The maximum atomic E-state index is 12.2. The SMILES string of the molecule is CC(C)n1cc(C(=O)O)c(=O)c(C(=O)NCCc2cn[nH]n2)c1. The van der Waals surface area contributed by atoms with Crippen LogP contribution in [-0.2, 0) is 6.42 Å². The molecule has 2 aromatic rings. The number of aromatic carboxylic acids is 1. The Hall–Kier alpha value is -2.97. The first kappa shape index (κ1) is 16.4. The van der Waals surface area contributed by atoms with E-state index in [0.29, 0.717) is 12.1 Å². The average molecular weight is 319 g/mol. The van der Waals surface area contributed by atoms with Crippen molar-refractivity contribution in [3.63, 3.8) is 0 Å². The quantitative estimate of drug-likeness (QED) is 0.698. The molecule has 0 aliphatic carbocycles. The summed E-state index contributed by atoms with van der Waals surface area (Å²) in [5, 5.41) is 21.6. The number of aromatic nitrogens is 4. The van der Waals surface area contributed by atoms with Gasteiger partial charge in [-0.25, -0.2) is 4.79 Å². The van der Waals surface area contributed by atoms with Crippen LogP contribution in [0.25, 0.3) is 0 Å². The van der Waals surface area contributed by atoms with Gasteiger partial charge in [0.15, 0.2) is 0 Å². The molecule has 23 heavy (non-hydrogen) atoms. The van der Waals surface area contributed by atoms with Gasteiger partial charge in [-0.2, -0.15) is 15.4 Å². The Morgan fingerprint density at radius 1 is 1.35 bits per heavy atom. The topological polar surface area (TPSA) is 130 Å². The molecule has 0 saturated carbocycles. The molecule has 1 amide bonds. The molecule has 0 spiro atoms. The van der Waals surface area contributed by atoms with E-state index in [4.69, 9.17) is 5.11 Å². The fraction of sp³-hybridized carbons (Fsp3) is 0.357. The normalized spacial score (nSPS) is 10.7. The van der Waals surface area contributed by atoms with Crippen LogP contribution in [0.15, 0.2) is 23.4 Å². The van der Waals surface area contributed by atoms with Crippen LogP contribution in [0.1, 0.15) is 46.3 Å². The van der Waals surface area contributed by atoms with Crippen molar-refractivity contribution in [3.05, 3.63) is 45.6 Å². The molecule has 0 bridgehead atoms. The number of hydrogen-bond donors (Lipinski definition) is 3. The minimum Gasteiger partial charge on any atom is -0.477 e. The number of nitrogens with one attached hydrogen (secondary N) is 2. The van der Waals surface area contributed by atoms with Crippen LogP contribution in [-0.4, -0.2) is 43.5 Å². The van der Waals surface area contributed by atoms with Crippen LogP contribution in [0.2, 0.25) is 0 Å².